The van der Waals surface area contributed by atoms with Gasteiger partial charge in [0, 0.05) is 24.9 Å². The zero-order chi connectivity index (χ0) is 12.8. The van der Waals surface area contributed by atoms with Gasteiger partial charge in [-0.3, -0.25) is 4.79 Å². The highest BCUT2D eigenvalue weighted by molar-refractivity contribution is 5.78. The summed E-state index contributed by atoms with van der Waals surface area (Å²) in [6.07, 6.45) is 4.63. The minimum Gasteiger partial charge on any atom is -0.355 e. The predicted octanol–water partition coefficient (Wildman–Crippen LogP) is 1.62. The Kier molecular flexibility index (Phi) is 4.12. The molecule has 4 heteroatoms. The summed E-state index contributed by atoms with van der Waals surface area (Å²) in [6, 6.07) is 7.95. The lowest BCUT2D eigenvalue weighted by atomic mass is 10.1. The number of H-pyrrole nitrogens is 1. The monoisotopic (exact) mass is 243 g/mol. The Labute approximate surface area is 106 Å². The van der Waals surface area contributed by atoms with Crippen LogP contribution < -0.4 is 5.32 Å². The summed E-state index contributed by atoms with van der Waals surface area (Å²) in [5, 5.41) is 2.91. The second kappa shape index (κ2) is 6.00. The van der Waals surface area contributed by atoms with Crippen LogP contribution in [0.4, 0.5) is 0 Å². The van der Waals surface area contributed by atoms with E-state index < -0.39 is 0 Å². The quantitative estimate of drug-likeness (QED) is 0.838. The molecule has 0 saturated carbocycles. The molecule has 2 aromatic rings. The van der Waals surface area contributed by atoms with Gasteiger partial charge in [-0.15, -0.1) is 0 Å². The largest absolute Gasteiger partial charge is 0.355 e. The van der Waals surface area contributed by atoms with E-state index in [2.05, 4.69) is 15.3 Å². The molecule has 0 spiro atoms. The van der Waals surface area contributed by atoms with Crippen molar-refractivity contribution in [2.24, 2.45) is 0 Å². The average Bonchev–Trinajstić information content (AvgIpc) is 2.85. The molecule has 1 aromatic carbocycles. The number of hydrogen-bond acceptors (Lipinski definition) is 2. The Morgan fingerprint density at radius 3 is 2.94 bits per heavy atom. The van der Waals surface area contributed by atoms with Gasteiger partial charge in [0.05, 0.1) is 12.7 Å². The maximum atomic E-state index is 11.8. The van der Waals surface area contributed by atoms with Crippen molar-refractivity contribution < 1.29 is 4.79 Å². The van der Waals surface area contributed by atoms with Gasteiger partial charge in [0.15, 0.2) is 0 Å². The fraction of sp³-hybridized carbons (Fsp3) is 0.286. The van der Waals surface area contributed by atoms with Gasteiger partial charge >= 0.3 is 0 Å². The maximum absolute atomic E-state index is 11.8. The van der Waals surface area contributed by atoms with Crippen molar-refractivity contribution in [1.29, 1.82) is 0 Å². The number of carbonyl (C=O) groups is 1. The summed E-state index contributed by atoms with van der Waals surface area (Å²) in [5.74, 6) is 0.0591. The van der Waals surface area contributed by atoms with Gasteiger partial charge in [0.1, 0.15) is 0 Å². The van der Waals surface area contributed by atoms with Crippen LogP contribution in [0.3, 0.4) is 0 Å². The van der Waals surface area contributed by atoms with E-state index in [0.717, 1.165) is 23.2 Å². The number of rotatable bonds is 5. The molecule has 94 valence electrons. The lowest BCUT2D eigenvalue weighted by Gasteiger charge is -2.06. The van der Waals surface area contributed by atoms with E-state index in [1.54, 1.807) is 12.5 Å². The molecule has 1 amide bonds. The zero-order valence-corrected chi connectivity index (χ0v) is 10.4. The summed E-state index contributed by atoms with van der Waals surface area (Å²) in [6.45, 7) is 2.65. The second-order valence-electron chi connectivity index (χ2n) is 4.28. The van der Waals surface area contributed by atoms with E-state index in [-0.39, 0.29) is 5.91 Å². The van der Waals surface area contributed by atoms with E-state index >= 15 is 0 Å². The van der Waals surface area contributed by atoms with E-state index in [4.69, 9.17) is 0 Å². The standard InChI is InChI=1S/C14H17N3O/c1-11-4-2-3-5-12(11)8-14(18)16-7-6-13-9-15-10-17-13/h2-5,9-10H,6-8H2,1H3,(H,15,17)(H,16,18). The molecule has 0 atom stereocenters. The van der Waals surface area contributed by atoms with Gasteiger partial charge in [-0.1, -0.05) is 24.3 Å². The number of benzene rings is 1. The van der Waals surface area contributed by atoms with Crippen molar-refractivity contribution in [2.45, 2.75) is 19.8 Å². The van der Waals surface area contributed by atoms with Crippen LogP contribution in [0.25, 0.3) is 0 Å². The van der Waals surface area contributed by atoms with Crippen molar-refractivity contribution in [3.8, 4) is 0 Å². The first-order valence-electron chi connectivity index (χ1n) is 6.04. The first-order valence-corrected chi connectivity index (χ1v) is 6.04. The summed E-state index contributed by atoms with van der Waals surface area (Å²) < 4.78 is 0. The smallest absolute Gasteiger partial charge is 0.224 e. The topological polar surface area (TPSA) is 57.8 Å². The first kappa shape index (κ1) is 12.4. The second-order valence-corrected chi connectivity index (χ2v) is 4.28. The lowest BCUT2D eigenvalue weighted by molar-refractivity contribution is -0.120. The molecule has 2 rings (SSSR count). The van der Waals surface area contributed by atoms with Crippen molar-refractivity contribution in [3.05, 3.63) is 53.6 Å². The van der Waals surface area contributed by atoms with Crippen LogP contribution in [0.5, 0.6) is 0 Å². The zero-order valence-electron chi connectivity index (χ0n) is 10.4. The minimum absolute atomic E-state index is 0.0591. The molecular weight excluding hydrogens is 226 g/mol. The summed E-state index contributed by atoms with van der Waals surface area (Å²) in [5.41, 5.74) is 3.27. The highest BCUT2D eigenvalue weighted by atomic mass is 16.1. The van der Waals surface area contributed by atoms with Crippen molar-refractivity contribution >= 4 is 5.91 Å². The fourth-order valence-corrected chi connectivity index (χ4v) is 1.80. The molecule has 0 aliphatic rings. The third kappa shape index (κ3) is 3.45. The highest BCUT2D eigenvalue weighted by Crippen LogP contribution is 2.07. The lowest BCUT2D eigenvalue weighted by Crippen LogP contribution is -2.27. The van der Waals surface area contributed by atoms with Crippen LogP contribution in [-0.4, -0.2) is 22.4 Å². The maximum Gasteiger partial charge on any atom is 0.224 e. The Morgan fingerprint density at radius 1 is 1.39 bits per heavy atom. The Bertz CT molecular complexity index is 506. The van der Waals surface area contributed by atoms with Crippen LogP contribution in [-0.2, 0) is 17.6 Å². The fourth-order valence-electron chi connectivity index (χ4n) is 1.80. The number of nitrogens with zero attached hydrogens (tertiary/aromatic N) is 1. The van der Waals surface area contributed by atoms with Crippen LogP contribution in [0, 0.1) is 6.92 Å². The van der Waals surface area contributed by atoms with Gasteiger partial charge in [-0.05, 0) is 18.1 Å². The molecular formula is C14H17N3O. The number of nitrogens with one attached hydrogen (secondary N) is 2. The minimum atomic E-state index is 0.0591. The summed E-state index contributed by atoms with van der Waals surface area (Å²) >= 11 is 0. The van der Waals surface area contributed by atoms with Gasteiger partial charge in [-0.25, -0.2) is 4.98 Å². The van der Waals surface area contributed by atoms with Crippen molar-refractivity contribution in [3.63, 3.8) is 0 Å². The molecule has 1 heterocycles. The number of aromatic nitrogens is 2. The molecule has 2 N–H and O–H groups in total. The van der Waals surface area contributed by atoms with Gasteiger partial charge in [0.2, 0.25) is 5.91 Å². The molecule has 4 nitrogen and oxygen atoms in total. The Balaban J connectivity index is 1.77. The molecule has 0 unspecified atom stereocenters. The summed E-state index contributed by atoms with van der Waals surface area (Å²) in [7, 11) is 0. The highest BCUT2D eigenvalue weighted by Gasteiger charge is 2.05. The van der Waals surface area contributed by atoms with Crippen molar-refractivity contribution in [1.82, 2.24) is 15.3 Å². The molecule has 0 fully saturated rings. The van der Waals surface area contributed by atoms with Gasteiger partial charge < -0.3 is 10.3 Å². The average molecular weight is 243 g/mol. The molecule has 1 aromatic heterocycles. The third-order valence-corrected chi connectivity index (χ3v) is 2.88. The molecule has 0 aliphatic carbocycles. The molecule has 18 heavy (non-hydrogen) atoms. The van der Waals surface area contributed by atoms with Crippen LogP contribution >= 0.6 is 0 Å². The number of carbonyl (C=O) groups excluding carboxylic acids is 1. The molecule has 0 bridgehead atoms. The van der Waals surface area contributed by atoms with Crippen molar-refractivity contribution in [2.75, 3.05) is 6.54 Å². The number of hydrogen-bond donors (Lipinski definition) is 2. The van der Waals surface area contributed by atoms with Gasteiger partial charge in [-0.2, -0.15) is 0 Å². The molecule has 0 aliphatic heterocycles. The Hall–Kier alpha value is -2.10. The number of amides is 1. The third-order valence-electron chi connectivity index (χ3n) is 2.88. The predicted molar refractivity (Wildman–Crippen MR) is 70.2 cm³/mol. The first-order chi connectivity index (χ1) is 8.75. The van der Waals surface area contributed by atoms with E-state index in [1.807, 2.05) is 31.2 Å². The number of aromatic amines is 1. The van der Waals surface area contributed by atoms with Crippen LogP contribution in [0.15, 0.2) is 36.8 Å². The molecule has 0 saturated heterocycles. The number of imidazole rings is 1. The van der Waals surface area contributed by atoms with E-state index in [1.165, 1.54) is 0 Å². The van der Waals surface area contributed by atoms with Crippen LogP contribution in [0.2, 0.25) is 0 Å². The van der Waals surface area contributed by atoms with Crippen LogP contribution in [0.1, 0.15) is 16.8 Å². The molecule has 0 radical (unpaired) electrons. The SMILES string of the molecule is Cc1ccccc1CC(=O)NCCc1cnc[nH]1. The summed E-state index contributed by atoms with van der Waals surface area (Å²) in [4.78, 5) is 18.7. The van der Waals surface area contributed by atoms with Gasteiger partial charge in [0.25, 0.3) is 0 Å². The van der Waals surface area contributed by atoms with E-state index in [0.29, 0.717) is 13.0 Å². The number of aryl methyl sites for hydroxylation is 1. The normalized spacial score (nSPS) is 10.3. The Morgan fingerprint density at radius 2 is 2.22 bits per heavy atom. The van der Waals surface area contributed by atoms with E-state index in [9.17, 15) is 4.79 Å².